The maximum Gasteiger partial charge on any atom is 0.337 e. The lowest BCUT2D eigenvalue weighted by Crippen LogP contribution is -2.10. The Balaban J connectivity index is 2.72. The van der Waals surface area contributed by atoms with E-state index in [0.717, 1.165) is 5.56 Å². The number of pyridine rings is 1. The average molecular weight is 245 g/mol. The zero-order chi connectivity index (χ0) is 13.3. The van der Waals surface area contributed by atoms with Gasteiger partial charge in [0.05, 0.1) is 23.2 Å². The molecule has 0 bridgehead atoms. The Labute approximate surface area is 103 Å². The molecular weight excluding hydrogens is 234 g/mol. The number of benzene rings is 1. The number of fused-ring (bicyclic) bond motifs is 1. The van der Waals surface area contributed by atoms with Crippen molar-refractivity contribution in [2.75, 3.05) is 0 Å². The van der Waals surface area contributed by atoms with E-state index < -0.39 is 18.4 Å². The lowest BCUT2D eigenvalue weighted by atomic mass is 10.0. The van der Waals surface area contributed by atoms with Crippen LogP contribution in [0.25, 0.3) is 10.9 Å². The molecule has 0 saturated carbocycles. The Kier molecular flexibility index (Phi) is 2.97. The molecule has 1 aromatic carbocycles. The Hall–Kier alpha value is -2.43. The normalized spacial score (nSPS) is 10.5. The van der Waals surface area contributed by atoms with Crippen molar-refractivity contribution in [2.24, 2.45) is 0 Å². The predicted molar refractivity (Wildman–Crippen MR) is 64.8 cm³/mol. The molecule has 0 saturated heterocycles. The predicted octanol–water partition coefficient (Wildman–Crippen LogP) is 1.87. The summed E-state index contributed by atoms with van der Waals surface area (Å²) >= 11 is 0. The minimum atomic E-state index is -1.16. The van der Waals surface area contributed by atoms with Crippen LogP contribution in [0.15, 0.2) is 24.3 Å². The van der Waals surface area contributed by atoms with E-state index in [-0.39, 0.29) is 11.3 Å². The lowest BCUT2D eigenvalue weighted by Gasteiger charge is -2.07. The number of aliphatic carboxylic acids is 1. The fourth-order valence-corrected chi connectivity index (χ4v) is 1.85. The van der Waals surface area contributed by atoms with Gasteiger partial charge in [0.15, 0.2) is 0 Å². The summed E-state index contributed by atoms with van der Waals surface area (Å²) in [6.45, 7) is 1.85. The van der Waals surface area contributed by atoms with Crippen LogP contribution in [0.2, 0.25) is 0 Å². The summed E-state index contributed by atoms with van der Waals surface area (Å²) in [5.41, 5.74) is 1.54. The highest BCUT2D eigenvalue weighted by Gasteiger charge is 2.16. The van der Waals surface area contributed by atoms with Crippen molar-refractivity contribution in [1.82, 2.24) is 4.98 Å². The molecule has 0 aliphatic rings. The number of aromatic carboxylic acids is 1. The highest BCUT2D eigenvalue weighted by molar-refractivity contribution is 5.95. The summed E-state index contributed by atoms with van der Waals surface area (Å²) < 4.78 is 0. The molecule has 0 aliphatic heterocycles. The minimum Gasteiger partial charge on any atom is -0.481 e. The van der Waals surface area contributed by atoms with Gasteiger partial charge in [-0.2, -0.15) is 0 Å². The maximum atomic E-state index is 11.1. The van der Waals surface area contributed by atoms with Crippen LogP contribution in [-0.2, 0) is 11.2 Å². The number of hydrogen-bond donors (Lipinski definition) is 2. The molecule has 1 aromatic heterocycles. The molecule has 0 aliphatic carbocycles. The number of aromatic nitrogens is 1. The summed E-state index contributed by atoms with van der Waals surface area (Å²) in [5, 5.41) is 18.6. The molecule has 5 heteroatoms. The highest BCUT2D eigenvalue weighted by atomic mass is 16.4. The Morgan fingerprint density at radius 2 is 2.00 bits per heavy atom. The minimum absolute atomic E-state index is 0.0597. The summed E-state index contributed by atoms with van der Waals surface area (Å²) in [5.74, 6) is -2.26. The summed E-state index contributed by atoms with van der Waals surface area (Å²) in [7, 11) is 0. The number of carbonyl (C=O) groups is 2. The van der Waals surface area contributed by atoms with Crippen molar-refractivity contribution in [2.45, 2.75) is 13.3 Å². The summed E-state index contributed by atoms with van der Waals surface area (Å²) in [6.07, 6.45) is -0.397. The second-order valence-corrected chi connectivity index (χ2v) is 4.00. The number of carboxylic acids is 2. The molecule has 2 N–H and O–H groups in total. The second-order valence-electron chi connectivity index (χ2n) is 4.00. The van der Waals surface area contributed by atoms with E-state index in [2.05, 4.69) is 4.98 Å². The van der Waals surface area contributed by atoms with E-state index in [1.807, 2.05) is 19.1 Å². The topological polar surface area (TPSA) is 87.5 Å². The number of rotatable bonds is 3. The van der Waals surface area contributed by atoms with E-state index in [9.17, 15) is 9.59 Å². The number of para-hydroxylation sites is 1. The summed E-state index contributed by atoms with van der Waals surface area (Å²) in [4.78, 5) is 26.0. The molecule has 2 aromatic rings. The van der Waals surface area contributed by atoms with Gasteiger partial charge in [-0.05, 0) is 18.6 Å². The molecule has 1 heterocycles. The SMILES string of the molecule is Cc1cccc2cc(C(=O)O)c(CC(=O)O)nc12. The Bertz CT molecular complexity index is 649. The fraction of sp³-hybridized carbons (Fsp3) is 0.154. The van der Waals surface area contributed by atoms with Gasteiger partial charge < -0.3 is 10.2 Å². The van der Waals surface area contributed by atoms with Crippen LogP contribution in [0.4, 0.5) is 0 Å². The molecule has 2 rings (SSSR count). The second kappa shape index (κ2) is 4.44. The van der Waals surface area contributed by atoms with Crippen LogP contribution in [0, 0.1) is 6.92 Å². The number of carboxylic acid groups (broad SMARTS) is 2. The third-order valence-corrected chi connectivity index (χ3v) is 2.68. The van der Waals surface area contributed by atoms with Gasteiger partial charge >= 0.3 is 11.9 Å². The number of nitrogens with zero attached hydrogens (tertiary/aromatic N) is 1. The van der Waals surface area contributed by atoms with Crippen LogP contribution in [0.3, 0.4) is 0 Å². The Morgan fingerprint density at radius 3 is 2.61 bits per heavy atom. The number of aryl methyl sites for hydroxylation is 1. The van der Waals surface area contributed by atoms with Crippen molar-refractivity contribution in [3.8, 4) is 0 Å². The van der Waals surface area contributed by atoms with Gasteiger partial charge in [0.2, 0.25) is 0 Å². The van der Waals surface area contributed by atoms with Crippen LogP contribution in [-0.4, -0.2) is 27.1 Å². The summed E-state index contributed by atoms with van der Waals surface area (Å²) in [6, 6.07) is 6.88. The molecule has 0 amide bonds. The molecule has 0 atom stereocenters. The molecular formula is C13H11NO4. The largest absolute Gasteiger partial charge is 0.481 e. The highest BCUT2D eigenvalue weighted by Crippen LogP contribution is 2.20. The van der Waals surface area contributed by atoms with Crippen LogP contribution < -0.4 is 0 Å². The lowest BCUT2D eigenvalue weighted by molar-refractivity contribution is -0.136. The first-order valence-electron chi connectivity index (χ1n) is 5.33. The third kappa shape index (κ3) is 2.15. The van der Waals surface area contributed by atoms with Crippen molar-refractivity contribution >= 4 is 22.8 Å². The van der Waals surface area contributed by atoms with E-state index in [1.165, 1.54) is 6.07 Å². The van der Waals surface area contributed by atoms with Crippen molar-refractivity contribution in [1.29, 1.82) is 0 Å². The molecule has 0 spiro atoms. The van der Waals surface area contributed by atoms with Crippen molar-refractivity contribution < 1.29 is 19.8 Å². The van der Waals surface area contributed by atoms with E-state index in [4.69, 9.17) is 10.2 Å². The van der Waals surface area contributed by atoms with E-state index in [0.29, 0.717) is 10.9 Å². The zero-order valence-electron chi connectivity index (χ0n) is 9.67. The zero-order valence-corrected chi connectivity index (χ0v) is 9.67. The first kappa shape index (κ1) is 12.0. The van der Waals surface area contributed by atoms with Gasteiger partial charge in [-0.25, -0.2) is 4.79 Å². The van der Waals surface area contributed by atoms with Gasteiger partial charge in [0.1, 0.15) is 0 Å². The van der Waals surface area contributed by atoms with Crippen LogP contribution in [0.1, 0.15) is 21.6 Å². The van der Waals surface area contributed by atoms with E-state index in [1.54, 1.807) is 6.07 Å². The monoisotopic (exact) mass is 245 g/mol. The first-order chi connectivity index (χ1) is 8.49. The van der Waals surface area contributed by atoms with E-state index >= 15 is 0 Å². The van der Waals surface area contributed by atoms with Crippen molar-refractivity contribution in [3.63, 3.8) is 0 Å². The smallest absolute Gasteiger partial charge is 0.337 e. The molecule has 0 fully saturated rings. The molecule has 0 radical (unpaired) electrons. The van der Waals surface area contributed by atoms with Crippen molar-refractivity contribution in [3.05, 3.63) is 41.1 Å². The molecule has 92 valence electrons. The molecule has 0 unspecified atom stereocenters. The van der Waals surface area contributed by atoms with Gasteiger partial charge in [0.25, 0.3) is 0 Å². The van der Waals surface area contributed by atoms with Gasteiger partial charge in [0, 0.05) is 5.39 Å². The van der Waals surface area contributed by atoms with Crippen LogP contribution >= 0.6 is 0 Å². The van der Waals surface area contributed by atoms with Gasteiger partial charge in [-0.3, -0.25) is 9.78 Å². The fourth-order valence-electron chi connectivity index (χ4n) is 1.85. The van der Waals surface area contributed by atoms with Crippen LogP contribution in [0.5, 0.6) is 0 Å². The average Bonchev–Trinajstić information content (AvgIpc) is 2.28. The Morgan fingerprint density at radius 1 is 1.28 bits per heavy atom. The molecule has 5 nitrogen and oxygen atoms in total. The first-order valence-corrected chi connectivity index (χ1v) is 5.33. The maximum absolute atomic E-state index is 11.1. The van der Waals surface area contributed by atoms with Gasteiger partial charge in [-0.1, -0.05) is 18.2 Å². The molecule has 18 heavy (non-hydrogen) atoms. The number of hydrogen-bond acceptors (Lipinski definition) is 3. The standard InChI is InChI=1S/C13H11NO4/c1-7-3-2-4-8-5-9(13(17)18)10(6-11(15)16)14-12(7)8/h2-5H,6H2,1H3,(H,15,16)(H,17,18). The quantitative estimate of drug-likeness (QED) is 0.861. The van der Waals surface area contributed by atoms with Gasteiger partial charge in [-0.15, -0.1) is 0 Å². The third-order valence-electron chi connectivity index (χ3n) is 2.68.